The molecule has 0 radical (unpaired) electrons. The fourth-order valence-electron chi connectivity index (χ4n) is 2.02. The van der Waals surface area contributed by atoms with Gasteiger partial charge in [0.25, 0.3) is 0 Å². The van der Waals surface area contributed by atoms with Crippen molar-refractivity contribution >= 4 is 28.3 Å². The Morgan fingerprint density at radius 1 is 1.27 bits per heavy atom. The van der Waals surface area contributed by atoms with E-state index in [1.165, 1.54) is 5.56 Å². The molecule has 4 heteroatoms. The van der Waals surface area contributed by atoms with Crippen molar-refractivity contribution in [1.82, 2.24) is 5.32 Å². The Labute approximate surface area is 105 Å². The molecule has 2 N–H and O–H groups in total. The lowest BCUT2D eigenvalue weighted by Gasteiger charge is -2.16. The summed E-state index contributed by atoms with van der Waals surface area (Å²) in [6, 6.07) is 8.37. The van der Waals surface area contributed by atoms with Gasteiger partial charge in [-0.15, -0.1) is 12.4 Å². The summed E-state index contributed by atoms with van der Waals surface area (Å²) in [6.07, 6.45) is 0. The first-order chi connectivity index (χ1) is 6.81. The largest absolute Gasteiger partial charge is 0.396 e. The number of benzene rings is 1. The number of hydrogen-bond donors (Lipinski definition) is 2. The van der Waals surface area contributed by atoms with Crippen LogP contribution in [-0.2, 0) is 0 Å². The van der Waals surface area contributed by atoms with Gasteiger partial charge in [-0.3, -0.25) is 0 Å². The first-order valence-electron chi connectivity index (χ1n) is 4.88. The van der Waals surface area contributed by atoms with E-state index in [1.54, 1.807) is 0 Å². The maximum atomic E-state index is 9.20. The molecular formula is C11H15BrClNO. The molecule has 2 nitrogen and oxygen atoms in total. The lowest BCUT2D eigenvalue weighted by molar-refractivity contribution is 0.226. The maximum absolute atomic E-state index is 9.20. The minimum absolute atomic E-state index is 0. The summed E-state index contributed by atoms with van der Waals surface area (Å²) >= 11 is 3.42. The average Bonchev–Trinajstić information content (AvgIpc) is 2.67. The summed E-state index contributed by atoms with van der Waals surface area (Å²) in [7, 11) is 0. The van der Waals surface area contributed by atoms with Gasteiger partial charge in [-0.1, -0.05) is 28.1 Å². The zero-order chi connectivity index (χ0) is 9.97. The molecule has 15 heavy (non-hydrogen) atoms. The molecule has 1 fully saturated rings. The molecule has 1 aliphatic rings. The summed E-state index contributed by atoms with van der Waals surface area (Å²) in [5.74, 6) is 0.837. The smallest absolute Gasteiger partial charge is 0.0477 e. The molecule has 84 valence electrons. The van der Waals surface area contributed by atoms with Gasteiger partial charge >= 0.3 is 0 Å². The van der Waals surface area contributed by atoms with Crippen LogP contribution < -0.4 is 5.32 Å². The number of halogens is 2. The van der Waals surface area contributed by atoms with Crippen LogP contribution in [0.5, 0.6) is 0 Å². The van der Waals surface area contributed by atoms with Crippen molar-refractivity contribution in [2.45, 2.75) is 5.92 Å². The zero-order valence-corrected chi connectivity index (χ0v) is 10.7. The molecule has 1 saturated heterocycles. The number of aliphatic hydroxyl groups is 1. The van der Waals surface area contributed by atoms with Crippen LogP contribution in [0.15, 0.2) is 28.7 Å². The van der Waals surface area contributed by atoms with Gasteiger partial charge in [0.15, 0.2) is 0 Å². The van der Waals surface area contributed by atoms with Gasteiger partial charge in [0.05, 0.1) is 0 Å². The summed E-state index contributed by atoms with van der Waals surface area (Å²) in [6.45, 7) is 2.18. The standard InChI is InChI=1S/C11H14BrNO.ClH/c12-10-3-1-8(2-4-10)11-6-13-5-9(11)7-14;/h1-4,9,11,13-14H,5-7H2;1H. The molecule has 0 aliphatic carbocycles. The van der Waals surface area contributed by atoms with E-state index in [1.807, 2.05) is 0 Å². The number of hydrogen-bond acceptors (Lipinski definition) is 2. The van der Waals surface area contributed by atoms with Gasteiger partial charge in [0, 0.05) is 36.0 Å². The molecule has 0 spiro atoms. The zero-order valence-electron chi connectivity index (χ0n) is 8.32. The number of nitrogens with one attached hydrogen (secondary N) is 1. The Morgan fingerprint density at radius 2 is 1.93 bits per heavy atom. The van der Waals surface area contributed by atoms with Crippen LogP contribution in [0.3, 0.4) is 0 Å². The van der Waals surface area contributed by atoms with Crippen molar-refractivity contribution in [3.05, 3.63) is 34.3 Å². The Kier molecular flexibility index (Phi) is 5.06. The van der Waals surface area contributed by atoms with E-state index >= 15 is 0 Å². The van der Waals surface area contributed by atoms with Gasteiger partial charge in [-0.25, -0.2) is 0 Å². The third kappa shape index (κ3) is 2.94. The Balaban J connectivity index is 0.00000112. The molecule has 0 bridgehead atoms. The molecular weight excluding hydrogens is 277 g/mol. The average molecular weight is 293 g/mol. The fourth-order valence-corrected chi connectivity index (χ4v) is 2.29. The van der Waals surface area contributed by atoms with Gasteiger partial charge in [0.2, 0.25) is 0 Å². The van der Waals surface area contributed by atoms with Crippen LogP contribution in [0.4, 0.5) is 0 Å². The van der Waals surface area contributed by atoms with Gasteiger partial charge in [-0.2, -0.15) is 0 Å². The molecule has 1 aliphatic heterocycles. The van der Waals surface area contributed by atoms with Crippen molar-refractivity contribution in [1.29, 1.82) is 0 Å². The third-order valence-electron chi connectivity index (χ3n) is 2.87. The van der Waals surface area contributed by atoms with Gasteiger partial charge < -0.3 is 10.4 Å². The van der Waals surface area contributed by atoms with Crippen molar-refractivity contribution in [3.63, 3.8) is 0 Å². The van der Waals surface area contributed by atoms with Crippen LogP contribution in [0.2, 0.25) is 0 Å². The highest BCUT2D eigenvalue weighted by molar-refractivity contribution is 9.10. The van der Waals surface area contributed by atoms with Crippen LogP contribution in [-0.4, -0.2) is 24.8 Å². The molecule has 0 amide bonds. The molecule has 2 rings (SSSR count). The third-order valence-corrected chi connectivity index (χ3v) is 3.40. The summed E-state index contributed by atoms with van der Waals surface area (Å²) in [5, 5.41) is 12.5. The van der Waals surface area contributed by atoms with E-state index in [9.17, 15) is 5.11 Å². The second kappa shape index (κ2) is 5.85. The first kappa shape index (κ1) is 13.0. The predicted molar refractivity (Wildman–Crippen MR) is 67.6 cm³/mol. The lowest BCUT2D eigenvalue weighted by atomic mass is 9.90. The first-order valence-corrected chi connectivity index (χ1v) is 5.67. The Morgan fingerprint density at radius 3 is 2.53 bits per heavy atom. The highest BCUT2D eigenvalue weighted by Crippen LogP contribution is 2.28. The normalized spacial score (nSPS) is 24.9. The van der Waals surface area contributed by atoms with E-state index in [0.717, 1.165) is 17.6 Å². The van der Waals surface area contributed by atoms with Crippen molar-refractivity contribution in [2.24, 2.45) is 5.92 Å². The van der Waals surface area contributed by atoms with E-state index < -0.39 is 0 Å². The topological polar surface area (TPSA) is 32.3 Å². The fraction of sp³-hybridized carbons (Fsp3) is 0.455. The molecule has 1 aromatic carbocycles. The Bertz CT molecular complexity index is 304. The maximum Gasteiger partial charge on any atom is 0.0477 e. The summed E-state index contributed by atoms with van der Waals surface area (Å²) < 4.78 is 1.10. The summed E-state index contributed by atoms with van der Waals surface area (Å²) in [5.41, 5.74) is 1.32. The SMILES string of the molecule is Cl.OCC1CNCC1c1ccc(Br)cc1. The second-order valence-electron chi connectivity index (χ2n) is 3.76. The lowest BCUT2D eigenvalue weighted by Crippen LogP contribution is -2.14. The summed E-state index contributed by atoms with van der Waals surface area (Å²) in [4.78, 5) is 0. The van der Waals surface area contributed by atoms with Crippen LogP contribution >= 0.6 is 28.3 Å². The van der Waals surface area contributed by atoms with Gasteiger partial charge in [-0.05, 0) is 17.7 Å². The Hall–Kier alpha value is -0.0900. The second-order valence-corrected chi connectivity index (χ2v) is 4.67. The number of aliphatic hydroxyl groups excluding tert-OH is 1. The van der Waals surface area contributed by atoms with E-state index in [-0.39, 0.29) is 19.0 Å². The van der Waals surface area contributed by atoms with Gasteiger partial charge in [0.1, 0.15) is 0 Å². The van der Waals surface area contributed by atoms with Crippen molar-refractivity contribution in [3.8, 4) is 0 Å². The minimum Gasteiger partial charge on any atom is -0.396 e. The molecule has 1 aromatic rings. The van der Waals surface area contributed by atoms with Crippen LogP contribution in [0.1, 0.15) is 11.5 Å². The molecule has 2 unspecified atom stereocenters. The van der Waals surface area contributed by atoms with Crippen LogP contribution in [0.25, 0.3) is 0 Å². The van der Waals surface area contributed by atoms with Crippen LogP contribution in [0, 0.1) is 5.92 Å². The van der Waals surface area contributed by atoms with E-state index in [0.29, 0.717) is 11.8 Å². The van der Waals surface area contributed by atoms with E-state index in [4.69, 9.17) is 0 Å². The molecule has 1 heterocycles. The molecule has 0 aromatic heterocycles. The monoisotopic (exact) mass is 291 g/mol. The van der Waals surface area contributed by atoms with Crippen molar-refractivity contribution < 1.29 is 5.11 Å². The van der Waals surface area contributed by atoms with Crippen molar-refractivity contribution in [2.75, 3.05) is 19.7 Å². The van der Waals surface area contributed by atoms with E-state index in [2.05, 4.69) is 45.5 Å². The number of rotatable bonds is 2. The molecule has 0 saturated carbocycles. The minimum atomic E-state index is 0. The molecule has 2 atom stereocenters. The highest BCUT2D eigenvalue weighted by atomic mass is 79.9. The quantitative estimate of drug-likeness (QED) is 0.875. The predicted octanol–water partition coefficient (Wildman–Crippen LogP) is 2.17. The highest BCUT2D eigenvalue weighted by Gasteiger charge is 2.27.